The van der Waals surface area contributed by atoms with Gasteiger partial charge in [-0.2, -0.15) is 0 Å². The summed E-state index contributed by atoms with van der Waals surface area (Å²) in [5.74, 6) is 0.446. The quantitative estimate of drug-likeness (QED) is 0.115. The van der Waals surface area contributed by atoms with Crippen LogP contribution in [0, 0.1) is 0 Å². The predicted octanol–water partition coefficient (Wildman–Crippen LogP) is 11.9. The van der Waals surface area contributed by atoms with Gasteiger partial charge < -0.3 is 9.80 Å². The third kappa shape index (κ3) is 10.8. The fourth-order valence-corrected chi connectivity index (χ4v) is 7.27. The second-order valence-corrected chi connectivity index (χ2v) is 12.9. The maximum absolute atomic E-state index is 2.76. The zero-order chi connectivity index (χ0) is 29.7. The first-order valence-electron chi connectivity index (χ1n) is 18.1. The highest BCUT2D eigenvalue weighted by atomic mass is 15.4. The average molecular weight is 573 g/mol. The minimum Gasteiger partial charge on any atom is -0.353 e. The zero-order valence-electron chi connectivity index (χ0n) is 27.7. The van der Waals surface area contributed by atoms with Gasteiger partial charge in [-0.1, -0.05) is 178 Å². The molecule has 1 aliphatic rings. The van der Waals surface area contributed by atoms with E-state index in [0.29, 0.717) is 5.92 Å². The SMILES string of the molecule is CCCCCCCCCCCCCCCCN1C=CN(CCCCC)C1(Cc1ccccc1)C(CC)c1ccccc1. The van der Waals surface area contributed by atoms with Crippen molar-refractivity contribution >= 4 is 0 Å². The molecular formula is C40H64N2. The van der Waals surface area contributed by atoms with E-state index in [1.54, 1.807) is 0 Å². The summed E-state index contributed by atoms with van der Waals surface area (Å²) < 4.78 is 0. The van der Waals surface area contributed by atoms with Gasteiger partial charge in [-0.05, 0) is 30.4 Å². The number of hydrogen-bond donors (Lipinski definition) is 0. The van der Waals surface area contributed by atoms with E-state index in [1.807, 2.05) is 0 Å². The van der Waals surface area contributed by atoms with Crippen molar-refractivity contribution in [2.24, 2.45) is 0 Å². The standard InChI is InChI=1S/C40H64N2/c1-4-7-9-10-11-12-13-14-15-16-17-18-19-27-33-42-35-34-41(32-26-8-5-2)40(42,36-37-28-22-20-23-29-37)39(6-3)38-30-24-21-25-31-38/h20-25,28-31,34-35,39H,4-19,26-27,32-33,36H2,1-3H3. The second-order valence-electron chi connectivity index (χ2n) is 12.9. The molecule has 0 radical (unpaired) electrons. The maximum atomic E-state index is 2.76. The molecule has 42 heavy (non-hydrogen) atoms. The highest BCUT2D eigenvalue weighted by Crippen LogP contribution is 2.45. The van der Waals surface area contributed by atoms with Crippen molar-refractivity contribution in [1.82, 2.24) is 9.80 Å². The second kappa shape index (κ2) is 20.6. The van der Waals surface area contributed by atoms with E-state index in [1.165, 1.54) is 120 Å². The lowest BCUT2D eigenvalue weighted by atomic mass is 9.78. The van der Waals surface area contributed by atoms with Crippen molar-refractivity contribution in [1.29, 1.82) is 0 Å². The van der Waals surface area contributed by atoms with Crippen LogP contribution in [0.4, 0.5) is 0 Å². The van der Waals surface area contributed by atoms with Gasteiger partial charge in [0.05, 0.1) is 0 Å². The lowest BCUT2D eigenvalue weighted by molar-refractivity contribution is -0.00373. The Balaban J connectivity index is 1.58. The van der Waals surface area contributed by atoms with Gasteiger partial charge in [0.2, 0.25) is 0 Å². The van der Waals surface area contributed by atoms with E-state index in [9.17, 15) is 0 Å². The first-order valence-corrected chi connectivity index (χ1v) is 18.1. The summed E-state index contributed by atoms with van der Waals surface area (Å²) in [6, 6.07) is 22.6. The molecule has 234 valence electrons. The summed E-state index contributed by atoms with van der Waals surface area (Å²) in [7, 11) is 0. The van der Waals surface area contributed by atoms with Gasteiger partial charge in [0.15, 0.2) is 0 Å². The van der Waals surface area contributed by atoms with E-state index in [0.717, 1.165) is 25.9 Å². The molecule has 2 atom stereocenters. The van der Waals surface area contributed by atoms with Crippen LogP contribution in [0.3, 0.4) is 0 Å². The summed E-state index contributed by atoms with van der Waals surface area (Å²) in [6.07, 6.45) is 30.7. The molecule has 2 aromatic carbocycles. The van der Waals surface area contributed by atoms with Crippen LogP contribution in [-0.4, -0.2) is 28.6 Å². The Morgan fingerprint density at radius 2 is 0.905 bits per heavy atom. The van der Waals surface area contributed by atoms with Crippen molar-refractivity contribution in [3.8, 4) is 0 Å². The van der Waals surface area contributed by atoms with Crippen LogP contribution < -0.4 is 0 Å². The molecule has 2 heteroatoms. The normalized spacial score (nSPS) is 17.3. The molecule has 0 bridgehead atoms. The molecule has 0 spiro atoms. The summed E-state index contributed by atoms with van der Waals surface area (Å²) in [4.78, 5) is 5.49. The van der Waals surface area contributed by atoms with Gasteiger partial charge in [0.1, 0.15) is 5.66 Å². The maximum Gasteiger partial charge on any atom is 0.123 e. The van der Waals surface area contributed by atoms with Gasteiger partial charge in [0, 0.05) is 37.8 Å². The summed E-state index contributed by atoms with van der Waals surface area (Å²) >= 11 is 0. The third-order valence-corrected chi connectivity index (χ3v) is 9.65. The molecule has 2 aromatic rings. The first kappa shape index (κ1) is 34.3. The summed E-state index contributed by atoms with van der Waals surface area (Å²) in [5.41, 5.74) is 2.87. The fraction of sp³-hybridized carbons (Fsp3) is 0.650. The van der Waals surface area contributed by atoms with Crippen LogP contribution in [0.15, 0.2) is 73.1 Å². The molecule has 0 saturated carbocycles. The highest BCUT2D eigenvalue weighted by molar-refractivity contribution is 5.30. The predicted molar refractivity (Wildman–Crippen MR) is 185 cm³/mol. The van der Waals surface area contributed by atoms with E-state index < -0.39 is 0 Å². The number of hydrogen-bond acceptors (Lipinski definition) is 2. The highest BCUT2D eigenvalue weighted by Gasteiger charge is 2.49. The fourth-order valence-electron chi connectivity index (χ4n) is 7.27. The summed E-state index contributed by atoms with van der Waals surface area (Å²) in [6.45, 7) is 9.31. The number of benzene rings is 2. The molecule has 2 nitrogen and oxygen atoms in total. The van der Waals surface area contributed by atoms with E-state index in [4.69, 9.17) is 0 Å². The van der Waals surface area contributed by atoms with Crippen molar-refractivity contribution < 1.29 is 0 Å². The van der Waals surface area contributed by atoms with Crippen molar-refractivity contribution in [2.45, 2.75) is 154 Å². The third-order valence-electron chi connectivity index (χ3n) is 9.65. The van der Waals surface area contributed by atoms with Gasteiger partial charge in [-0.25, -0.2) is 0 Å². The monoisotopic (exact) mass is 573 g/mol. The molecular weight excluding hydrogens is 508 g/mol. The minimum absolute atomic E-state index is 0.0538. The molecule has 0 aromatic heterocycles. The number of nitrogens with zero attached hydrogens (tertiary/aromatic N) is 2. The molecule has 3 rings (SSSR count). The van der Waals surface area contributed by atoms with Crippen molar-refractivity contribution in [2.75, 3.05) is 13.1 Å². The molecule has 0 N–H and O–H groups in total. The van der Waals surface area contributed by atoms with E-state index in [2.05, 4.69) is 104 Å². The van der Waals surface area contributed by atoms with Crippen LogP contribution in [0.5, 0.6) is 0 Å². The minimum atomic E-state index is -0.0538. The van der Waals surface area contributed by atoms with Gasteiger partial charge in [-0.15, -0.1) is 0 Å². The van der Waals surface area contributed by atoms with Gasteiger partial charge in [0.25, 0.3) is 0 Å². The van der Waals surface area contributed by atoms with Crippen molar-refractivity contribution in [3.05, 3.63) is 84.2 Å². The average Bonchev–Trinajstić information content (AvgIpc) is 3.35. The Kier molecular flexibility index (Phi) is 16.8. The largest absolute Gasteiger partial charge is 0.353 e. The van der Waals surface area contributed by atoms with Gasteiger partial charge >= 0.3 is 0 Å². The Hall–Kier alpha value is -2.22. The van der Waals surface area contributed by atoms with Crippen LogP contribution in [0.1, 0.15) is 153 Å². The van der Waals surface area contributed by atoms with Crippen LogP contribution >= 0.6 is 0 Å². The smallest absolute Gasteiger partial charge is 0.123 e. The molecule has 2 unspecified atom stereocenters. The Morgan fingerprint density at radius 3 is 1.38 bits per heavy atom. The molecule has 0 fully saturated rings. The Labute approximate surface area is 261 Å². The number of rotatable bonds is 24. The molecule has 0 amide bonds. The Morgan fingerprint density at radius 1 is 0.500 bits per heavy atom. The Bertz CT molecular complexity index is 939. The van der Waals surface area contributed by atoms with Crippen LogP contribution in [0.2, 0.25) is 0 Å². The first-order chi connectivity index (χ1) is 20.8. The van der Waals surface area contributed by atoms with Crippen LogP contribution in [0.25, 0.3) is 0 Å². The molecule has 0 saturated heterocycles. The molecule has 1 aliphatic heterocycles. The van der Waals surface area contributed by atoms with Crippen molar-refractivity contribution in [3.63, 3.8) is 0 Å². The topological polar surface area (TPSA) is 6.48 Å². The lowest BCUT2D eigenvalue weighted by Crippen LogP contribution is -2.59. The zero-order valence-corrected chi connectivity index (χ0v) is 27.7. The summed E-state index contributed by atoms with van der Waals surface area (Å²) in [5, 5.41) is 0. The lowest BCUT2D eigenvalue weighted by Gasteiger charge is -2.51. The molecule has 1 heterocycles. The van der Waals surface area contributed by atoms with Crippen LogP contribution in [-0.2, 0) is 6.42 Å². The van der Waals surface area contributed by atoms with E-state index >= 15 is 0 Å². The van der Waals surface area contributed by atoms with Gasteiger partial charge in [-0.3, -0.25) is 0 Å². The number of unbranched alkanes of at least 4 members (excludes halogenated alkanes) is 15. The molecule has 0 aliphatic carbocycles. The van der Waals surface area contributed by atoms with E-state index in [-0.39, 0.29) is 5.66 Å².